The lowest BCUT2D eigenvalue weighted by molar-refractivity contribution is -0.0180. The molecule has 0 spiro atoms. The number of aliphatic imine (C=N–C) groups is 1. The third kappa shape index (κ3) is 6.86. The van der Waals surface area contributed by atoms with E-state index in [1.165, 1.54) is 11.1 Å². The quantitative estimate of drug-likeness (QED) is 0.303. The predicted octanol–water partition coefficient (Wildman–Crippen LogP) is 2.11. The summed E-state index contributed by atoms with van der Waals surface area (Å²) in [4.78, 5) is 6.91. The Morgan fingerprint density at radius 1 is 1.32 bits per heavy atom. The second-order valence-corrected chi connectivity index (χ2v) is 8.03. The molecule has 6 nitrogen and oxygen atoms in total. The van der Waals surface area contributed by atoms with Gasteiger partial charge in [-0.25, -0.2) is 0 Å². The van der Waals surface area contributed by atoms with E-state index in [1.54, 1.807) is 0 Å². The SMILES string of the molecule is CCNC(=NCC(C)(O)CN1CCOCC1)NC1CC1c1ccccc1C.I. The highest BCUT2D eigenvalue weighted by Gasteiger charge is 2.39. The Bertz CT molecular complexity index is 647. The second kappa shape index (κ2) is 10.8. The number of nitrogens with one attached hydrogen (secondary N) is 2. The van der Waals surface area contributed by atoms with Gasteiger partial charge in [-0.05, 0) is 38.3 Å². The summed E-state index contributed by atoms with van der Waals surface area (Å²) >= 11 is 0. The van der Waals surface area contributed by atoms with Crippen LogP contribution in [0.15, 0.2) is 29.3 Å². The Morgan fingerprint density at radius 3 is 2.71 bits per heavy atom. The van der Waals surface area contributed by atoms with Crippen molar-refractivity contribution in [2.75, 3.05) is 45.9 Å². The van der Waals surface area contributed by atoms with Crippen LogP contribution in [-0.2, 0) is 4.74 Å². The number of hydrogen-bond donors (Lipinski definition) is 3. The van der Waals surface area contributed by atoms with Crippen LogP contribution in [0.5, 0.6) is 0 Å². The van der Waals surface area contributed by atoms with Gasteiger partial charge in [0.05, 0.1) is 25.4 Å². The zero-order chi connectivity index (χ0) is 19.3. The van der Waals surface area contributed by atoms with Gasteiger partial charge in [0.2, 0.25) is 0 Å². The van der Waals surface area contributed by atoms with Gasteiger partial charge in [-0.3, -0.25) is 9.89 Å². The van der Waals surface area contributed by atoms with Crippen molar-refractivity contribution in [2.45, 2.75) is 44.8 Å². The monoisotopic (exact) mass is 502 g/mol. The van der Waals surface area contributed by atoms with Crippen molar-refractivity contribution >= 4 is 29.9 Å². The summed E-state index contributed by atoms with van der Waals surface area (Å²) < 4.78 is 5.38. The van der Waals surface area contributed by atoms with Gasteiger partial charge in [-0.15, -0.1) is 24.0 Å². The van der Waals surface area contributed by atoms with E-state index in [0.717, 1.165) is 45.2 Å². The van der Waals surface area contributed by atoms with Crippen molar-refractivity contribution in [3.63, 3.8) is 0 Å². The van der Waals surface area contributed by atoms with E-state index in [2.05, 4.69) is 58.6 Å². The molecule has 1 aliphatic heterocycles. The number of aryl methyl sites for hydroxylation is 1. The third-order valence-electron chi connectivity index (χ3n) is 5.29. The third-order valence-corrected chi connectivity index (χ3v) is 5.29. The Labute approximate surface area is 186 Å². The van der Waals surface area contributed by atoms with Gasteiger partial charge in [-0.1, -0.05) is 24.3 Å². The summed E-state index contributed by atoms with van der Waals surface area (Å²) in [7, 11) is 0. The number of benzene rings is 1. The van der Waals surface area contributed by atoms with Crippen LogP contribution in [0.3, 0.4) is 0 Å². The van der Waals surface area contributed by atoms with Gasteiger partial charge in [-0.2, -0.15) is 0 Å². The van der Waals surface area contributed by atoms with E-state index in [1.807, 2.05) is 6.92 Å². The van der Waals surface area contributed by atoms with Crippen molar-refractivity contribution < 1.29 is 9.84 Å². The fourth-order valence-corrected chi connectivity index (χ4v) is 3.74. The fourth-order valence-electron chi connectivity index (χ4n) is 3.74. The molecule has 3 unspecified atom stereocenters. The van der Waals surface area contributed by atoms with Gasteiger partial charge in [0.25, 0.3) is 0 Å². The first kappa shape index (κ1) is 23.4. The summed E-state index contributed by atoms with van der Waals surface area (Å²) in [6.07, 6.45) is 1.12. The first-order valence-electron chi connectivity index (χ1n) is 10.1. The zero-order valence-electron chi connectivity index (χ0n) is 17.3. The molecule has 1 saturated heterocycles. The van der Waals surface area contributed by atoms with Crippen LogP contribution in [0.2, 0.25) is 0 Å². The summed E-state index contributed by atoms with van der Waals surface area (Å²) in [6, 6.07) is 9.00. The molecule has 0 amide bonds. The molecule has 3 rings (SSSR count). The fraction of sp³-hybridized carbons (Fsp3) is 0.667. The number of rotatable bonds is 7. The summed E-state index contributed by atoms with van der Waals surface area (Å²) in [5.74, 6) is 1.34. The number of β-amino-alcohol motifs (C(OH)–C–C–N with tert-alkyl or cyclic N) is 1. The molecular formula is C21H35IN4O2. The molecule has 2 fully saturated rings. The minimum absolute atomic E-state index is 0. The topological polar surface area (TPSA) is 69.1 Å². The molecule has 0 bridgehead atoms. The molecule has 3 atom stereocenters. The molecule has 1 heterocycles. The number of halogens is 1. The Hall–Kier alpha value is -0.900. The molecule has 7 heteroatoms. The number of aliphatic hydroxyl groups is 1. The van der Waals surface area contributed by atoms with Gasteiger partial charge in [0, 0.05) is 38.1 Å². The lowest BCUT2D eigenvalue weighted by Gasteiger charge is -2.33. The number of nitrogens with zero attached hydrogens (tertiary/aromatic N) is 2. The molecule has 2 aliphatic rings. The molecule has 0 aromatic heterocycles. The van der Waals surface area contributed by atoms with Crippen molar-refractivity contribution in [1.82, 2.24) is 15.5 Å². The summed E-state index contributed by atoms with van der Waals surface area (Å²) in [6.45, 7) is 11.1. The maximum Gasteiger partial charge on any atom is 0.191 e. The Kier molecular flexibility index (Phi) is 8.98. The maximum absolute atomic E-state index is 10.8. The molecule has 1 aliphatic carbocycles. The number of hydrogen-bond acceptors (Lipinski definition) is 4. The average molecular weight is 502 g/mol. The molecule has 1 aromatic carbocycles. The molecule has 158 valence electrons. The first-order chi connectivity index (χ1) is 13.0. The lowest BCUT2D eigenvalue weighted by atomic mass is 10.0. The summed E-state index contributed by atoms with van der Waals surface area (Å²) in [5.41, 5.74) is 1.92. The molecule has 28 heavy (non-hydrogen) atoms. The molecule has 1 aromatic rings. The number of morpholine rings is 1. The van der Waals surface area contributed by atoms with Crippen LogP contribution in [0, 0.1) is 6.92 Å². The highest BCUT2D eigenvalue weighted by atomic mass is 127. The minimum atomic E-state index is -0.849. The number of ether oxygens (including phenoxy) is 1. The molecule has 1 saturated carbocycles. The predicted molar refractivity (Wildman–Crippen MR) is 125 cm³/mol. The van der Waals surface area contributed by atoms with Crippen molar-refractivity contribution in [3.05, 3.63) is 35.4 Å². The lowest BCUT2D eigenvalue weighted by Crippen LogP contribution is -2.48. The Balaban J connectivity index is 0.00000280. The average Bonchev–Trinajstić information content (AvgIpc) is 3.40. The van der Waals surface area contributed by atoms with Crippen molar-refractivity contribution in [1.29, 1.82) is 0 Å². The Morgan fingerprint density at radius 2 is 2.04 bits per heavy atom. The van der Waals surface area contributed by atoms with Crippen LogP contribution in [-0.4, -0.2) is 73.5 Å². The van der Waals surface area contributed by atoms with Crippen molar-refractivity contribution in [2.24, 2.45) is 4.99 Å². The highest BCUT2D eigenvalue weighted by Crippen LogP contribution is 2.42. The molecule has 0 radical (unpaired) electrons. The van der Waals surface area contributed by atoms with E-state index >= 15 is 0 Å². The van der Waals surface area contributed by atoms with Gasteiger partial charge in [0.1, 0.15) is 0 Å². The van der Waals surface area contributed by atoms with E-state index in [4.69, 9.17) is 4.74 Å². The minimum Gasteiger partial charge on any atom is -0.387 e. The first-order valence-corrected chi connectivity index (χ1v) is 10.1. The van der Waals surface area contributed by atoms with E-state index < -0.39 is 5.60 Å². The van der Waals surface area contributed by atoms with Gasteiger partial charge >= 0.3 is 0 Å². The smallest absolute Gasteiger partial charge is 0.191 e. The molecule has 3 N–H and O–H groups in total. The van der Waals surface area contributed by atoms with Crippen LogP contribution >= 0.6 is 24.0 Å². The van der Waals surface area contributed by atoms with E-state index in [-0.39, 0.29) is 24.0 Å². The van der Waals surface area contributed by atoms with Gasteiger partial charge in [0.15, 0.2) is 5.96 Å². The second-order valence-electron chi connectivity index (χ2n) is 8.03. The van der Waals surface area contributed by atoms with E-state index in [0.29, 0.717) is 25.0 Å². The van der Waals surface area contributed by atoms with E-state index in [9.17, 15) is 5.11 Å². The molecular weight excluding hydrogens is 467 g/mol. The van der Waals surface area contributed by atoms with Gasteiger partial charge < -0.3 is 20.5 Å². The standard InChI is InChI=1S/C21H34N4O2.HI/c1-4-22-20(23-14-21(3,26)15-25-9-11-27-12-10-25)24-19-13-18(19)17-8-6-5-7-16(17)2;/h5-8,18-19,26H,4,9-15H2,1-3H3,(H2,22,23,24);1H. The maximum atomic E-state index is 10.8. The largest absolute Gasteiger partial charge is 0.387 e. The highest BCUT2D eigenvalue weighted by molar-refractivity contribution is 14.0. The number of guanidine groups is 1. The van der Waals surface area contributed by atoms with Crippen LogP contribution in [0.1, 0.15) is 37.3 Å². The van der Waals surface area contributed by atoms with Crippen LogP contribution < -0.4 is 10.6 Å². The normalized spacial score (nSPS) is 24.8. The zero-order valence-corrected chi connectivity index (χ0v) is 19.6. The summed E-state index contributed by atoms with van der Waals surface area (Å²) in [5, 5.41) is 17.6. The van der Waals surface area contributed by atoms with Crippen LogP contribution in [0.25, 0.3) is 0 Å². The van der Waals surface area contributed by atoms with Crippen molar-refractivity contribution in [3.8, 4) is 0 Å². The van der Waals surface area contributed by atoms with Crippen LogP contribution in [0.4, 0.5) is 0 Å².